The van der Waals surface area contributed by atoms with Gasteiger partial charge in [-0.05, 0) is 6.07 Å². The van der Waals surface area contributed by atoms with Gasteiger partial charge in [-0.15, -0.1) is 9.35 Å². The molecule has 78 valence electrons. The third-order valence-electron chi connectivity index (χ3n) is 1.52. The van der Waals surface area contributed by atoms with E-state index >= 15 is 0 Å². The summed E-state index contributed by atoms with van der Waals surface area (Å²) in [6.45, 7) is -5.31. The molecule has 1 aromatic carbocycles. The zero-order valence-electron chi connectivity index (χ0n) is 6.62. The maximum atomic E-state index is 12.3. The minimum Gasteiger partial charge on any atom is -0.445 e. The molecule has 0 N–H and O–H groups in total. The second-order valence-electron chi connectivity index (χ2n) is 2.59. The number of halogens is 4. The molecule has 0 fully saturated rings. The first-order valence-corrected chi connectivity index (χ1v) is 4.84. The fourth-order valence-corrected chi connectivity index (χ4v) is 1.39. The van der Waals surface area contributed by atoms with Gasteiger partial charge in [0, 0.05) is 0 Å². The highest BCUT2D eigenvalue weighted by atomic mass is 32.3. The van der Waals surface area contributed by atoms with E-state index in [9.17, 15) is 25.3 Å². The highest BCUT2D eigenvalue weighted by Crippen LogP contribution is 2.14. The third-order valence-corrected chi connectivity index (χ3v) is 2.33. The fraction of sp³-hybridized carbons (Fsp3) is 0. The van der Waals surface area contributed by atoms with E-state index in [0.29, 0.717) is 6.07 Å². The van der Waals surface area contributed by atoms with E-state index in [1.54, 1.807) is 0 Å². The van der Waals surface area contributed by atoms with E-state index in [1.807, 2.05) is 0 Å². The summed E-state index contributed by atoms with van der Waals surface area (Å²) in [5.74, 6) is 0. The van der Waals surface area contributed by atoms with Crippen molar-refractivity contribution in [3.8, 4) is 0 Å². The van der Waals surface area contributed by atoms with Crippen molar-refractivity contribution in [3.63, 3.8) is 0 Å². The molecule has 0 amide bonds. The van der Waals surface area contributed by atoms with Crippen LogP contribution >= 0.6 is 0 Å². The van der Waals surface area contributed by atoms with Gasteiger partial charge < -0.3 is 12.9 Å². The van der Waals surface area contributed by atoms with E-state index in [-0.39, 0.29) is 6.07 Å². The highest BCUT2D eigenvalue weighted by Gasteiger charge is 2.26. The van der Waals surface area contributed by atoms with Crippen LogP contribution in [0.25, 0.3) is 0 Å². The molecule has 0 aliphatic carbocycles. The molecule has 0 heterocycles. The van der Waals surface area contributed by atoms with Gasteiger partial charge in [0.05, 0.1) is 4.90 Å². The van der Waals surface area contributed by atoms with Crippen LogP contribution in [0.2, 0.25) is 0 Å². The molecule has 14 heavy (non-hydrogen) atoms. The van der Waals surface area contributed by atoms with E-state index in [4.69, 9.17) is 0 Å². The van der Waals surface area contributed by atoms with Crippen LogP contribution in [0.3, 0.4) is 0 Å². The molecule has 0 atom stereocenters. The van der Waals surface area contributed by atoms with Crippen molar-refractivity contribution in [1.29, 1.82) is 0 Å². The Morgan fingerprint density at radius 1 is 1.14 bits per heavy atom. The summed E-state index contributed by atoms with van der Waals surface area (Å²) in [5.41, 5.74) is -1.14. The molecule has 0 unspecified atom stereocenters. The molecule has 0 saturated heterocycles. The van der Waals surface area contributed by atoms with Crippen LogP contribution in [0.4, 0.5) is 16.8 Å². The Hall–Kier alpha value is -1.05. The predicted molar refractivity (Wildman–Crippen MR) is 43.4 cm³/mol. The summed E-state index contributed by atoms with van der Waals surface area (Å²) >= 11 is 0. The zero-order valence-corrected chi connectivity index (χ0v) is 7.44. The lowest BCUT2D eigenvalue weighted by Gasteiger charge is -2.14. The van der Waals surface area contributed by atoms with Crippen LogP contribution in [0.1, 0.15) is 0 Å². The van der Waals surface area contributed by atoms with E-state index < -0.39 is 27.6 Å². The normalized spacial score (nSPS) is 12.9. The van der Waals surface area contributed by atoms with Gasteiger partial charge in [-0.3, -0.25) is 0 Å². The van der Waals surface area contributed by atoms with E-state index in [0.717, 1.165) is 12.1 Å². The molecule has 1 aromatic rings. The average Bonchev–Trinajstić information content (AvgIpc) is 2.01. The molecule has 1 rings (SSSR count). The van der Waals surface area contributed by atoms with Crippen molar-refractivity contribution in [2.45, 2.75) is 4.90 Å². The van der Waals surface area contributed by atoms with Gasteiger partial charge in [0.25, 0.3) is 0 Å². The molecule has 8 heteroatoms. The molecule has 0 saturated carbocycles. The molecule has 2 nitrogen and oxygen atoms in total. The van der Waals surface area contributed by atoms with Crippen molar-refractivity contribution in [1.82, 2.24) is 0 Å². The molecule has 0 aliphatic heterocycles. The summed E-state index contributed by atoms with van der Waals surface area (Å²) in [6.07, 6.45) is 0. The summed E-state index contributed by atoms with van der Waals surface area (Å²) in [4.78, 5) is -0.978. The lowest BCUT2D eigenvalue weighted by atomic mass is 9.80. The second kappa shape index (κ2) is 3.27. The average molecular weight is 227 g/mol. The molecular formula is C6H4BF4O2S-. The second-order valence-corrected chi connectivity index (χ2v) is 3.93. The first-order chi connectivity index (χ1) is 6.21. The van der Waals surface area contributed by atoms with Gasteiger partial charge in [-0.2, -0.15) is 8.42 Å². The molecule has 0 aromatic heterocycles. The first kappa shape index (κ1) is 11.0. The Balaban J connectivity index is 3.29. The van der Waals surface area contributed by atoms with Gasteiger partial charge in [0.2, 0.25) is 0 Å². The van der Waals surface area contributed by atoms with Crippen LogP contribution in [0.5, 0.6) is 0 Å². The summed E-state index contributed by atoms with van der Waals surface area (Å²) in [5, 5.41) is 0. The van der Waals surface area contributed by atoms with Gasteiger partial charge in [0.15, 0.2) is 0 Å². The van der Waals surface area contributed by atoms with Crippen LogP contribution in [0, 0.1) is 0 Å². The summed E-state index contributed by atoms with van der Waals surface area (Å²) in [7, 11) is -5.08. The number of rotatable bonds is 2. The molecular weight excluding hydrogens is 223 g/mol. The van der Waals surface area contributed by atoms with Gasteiger partial charge >= 0.3 is 17.2 Å². The lowest BCUT2D eigenvalue weighted by Crippen LogP contribution is -2.34. The van der Waals surface area contributed by atoms with Crippen molar-refractivity contribution in [2.24, 2.45) is 0 Å². The number of benzene rings is 1. The highest BCUT2D eigenvalue weighted by molar-refractivity contribution is 7.86. The Labute approximate surface area is 77.8 Å². The maximum absolute atomic E-state index is 12.3. The van der Waals surface area contributed by atoms with Crippen LogP contribution < -0.4 is 5.46 Å². The minimum atomic E-state index is -5.31. The quantitative estimate of drug-likeness (QED) is 0.434. The Kier molecular flexibility index (Phi) is 2.57. The minimum absolute atomic E-state index is 0.273. The topological polar surface area (TPSA) is 34.1 Å². The van der Waals surface area contributed by atoms with Crippen molar-refractivity contribution >= 4 is 22.7 Å². The Morgan fingerprint density at radius 3 is 2.14 bits per heavy atom. The first-order valence-electron chi connectivity index (χ1n) is 3.46. The van der Waals surface area contributed by atoms with Crippen molar-refractivity contribution < 1.29 is 25.3 Å². The predicted octanol–water partition coefficient (Wildman–Crippen LogP) is 1.40. The van der Waals surface area contributed by atoms with Gasteiger partial charge in [-0.1, -0.05) is 18.2 Å². The van der Waals surface area contributed by atoms with Crippen molar-refractivity contribution in [2.75, 3.05) is 0 Å². The largest absolute Gasteiger partial charge is 0.509 e. The molecule has 0 bridgehead atoms. The summed E-state index contributed by atoms with van der Waals surface area (Å²) < 4.78 is 69.2. The number of hydrogen-bond acceptors (Lipinski definition) is 2. The standard InChI is InChI=1S/C6H4BF4O2S/c8-7(9,10)5-2-1-3-6(4-5)14(11,12)13/h1-4H/q-1. The third kappa shape index (κ3) is 2.47. The maximum Gasteiger partial charge on any atom is 0.509 e. The number of hydrogen-bond donors (Lipinski definition) is 0. The molecule has 0 spiro atoms. The Morgan fingerprint density at radius 2 is 1.71 bits per heavy atom. The van der Waals surface area contributed by atoms with E-state index in [1.165, 1.54) is 0 Å². The molecule has 0 aliphatic rings. The lowest BCUT2D eigenvalue weighted by molar-refractivity contribution is 0.501. The zero-order chi connectivity index (χ0) is 11.0. The van der Waals surface area contributed by atoms with Crippen LogP contribution in [-0.4, -0.2) is 15.4 Å². The summed E-state index contributed by atoms with van der Waals surface area (Å²) in [6, 6.07) is 2.57. The van der Waals surface area contributed by atoms with Gasteiger partial charge in [-0.25, -0.2) is 0 Å². The van der Waals surface area contributed by atoms with Crippen molar-refractivity contribution in [3.05, 3.63) is 24.3 Å². The smallest absolute Gasteiger partial charge is 0.445 e. The van der Waals surface area contributed by atoms with Gasteiger partial charge in [0.1, 0.15) is 0 Å². The van der Waals surface area contributed by atoms with E-state index in [2.05, 4.69) is 0 Å². The van der Waals surface area contributed by atoms with Crippen LogP contribution in [-0.2, 0) is 10.2 Å². The fourth-order valence-electron chi connectivity index (χ4n) is 0.870. The monoisotopic (exact) mass is 227 g/mol. The van der Waals surface area contributed by atoms with Crippen LogP contribution in [0.15, 0.2) is 29.2 Å². The Bertz CT molecular complexity index is 439. The SMILES string of the molecule is O=S(=O)(F)c1cccc([B-](F)(F)F)c1. The molecule has 0 radical (unpaired) electrons.